The van der Waals surface area contributed by atoms with Gasteiger partial charge in [-0.15, -0.1) is 11.3 Å². The second kappa shape index (κ2) is 7.85. The van der Waals surface area contributed by atoms with Gasteiger partial charge in [0.25, 0.3) is 0 Å². The Morgan fingerprint density at radius 1 is 1.20 bits per heavy atom. The van der Waals surface area contributed by atoms with E-state index in [2.05, 4.69) is 22.4 Å². The fraction of sp³-hybridized carbons (Fsp3) is 0.550. The number of hydrogen-bond acceptors (Lipinski definition) is 5. The lowest BCUT2D eigenvalue weighted by Gasteiger charge is -2.41. The van der Waals surface area contributed by atoms with Crippen LogP contribution in [0.1, 0.15) is 31.2 Å². The number of esters is 1. The van der Waals surface area contributed by atoms with Gasteiger partial charge in [0.1, 0.15) is 6.10 Å². The van der Waals surface area contributed by atoms with Crippen LogP contribution in [-0.4, -0.2) is 49.3 Å². The Labute approximate surface area is 152 Å². The lowest BCUT2D eigenvalue weighted by Crippen LogP contribution is -2.51. The quantitative estimate of drug-likeness (QED) is 0.782. The summed E-state index contributed by atoms with van der Waals surface area (Å²) in [5, 5.41) is 3.27. The Morgan fingerprint density at radius 3 is 2.88 bits per heavy atom. The molecule has 2 aliphatic rings. The fourth-order valence-corrected chi connectivity index (χ4v) is 5.04. The monoisotopic (exact) mass is 359 g/mol. The maximum absolute atomic E-state index is 12.6. The van der Waals surface area contributed by atoms with Crippen molar-refractivity contribution >= 4 is 27.4 Å². The third-order valence-corrected chi connectivity index (χ3v) is 6.37. The average Bonchev–Trinajstić information content (AvgIpc) is 3.06. The van der Waals surface area contributed by atoms with Crippen molar-refractivity contribution in [2.24, 2.45) is 0 Å². The van der Waals surface area contributed by atoms with Gasteiger partial charge in [0.15, 0.2) is 0 Å². The summed E-state index contributed by atoms with van der Waals surface area (Å²) in [6.07, 6.45) is 4.89. The Hall–Kier alpha value is -1.43. The van der Waals surface area contributed by atoms with Gasteiger partial charge in [-0.25, -0.2) is 0 Å². The van der Waals surface area contributed by atoms with Crippen LogP contribution in [0.5, 0.6) is 0 Å². The van der Waals surface area contributed by atoms with Crippen LogP contribution >= 0.6 is 11.3 Å². The molecule has 1 aromatic heterocycles. The number of thiophene rings is 1. The maximum Gasteiger partial charge on any atom is 0.310 e. The first kappa shape index (κ1) is 17.0. The van der Waals surface area contributed by atoms with Crippen molar-refractivity contribution in [3.8, 4) is 0 Å². The minimum Gasteiger partial charge on any atom is -0.460 e. The molecule has 2 fully saturated rings. The SMILES string of the molecule is O=C(Cc1csc2ccccc12)O[C@@H]1CCCC[C@H]1N1CCOCC1. The number of morpholine rings is 1. The third-order valence-electron chi connectivity index (χ3n) is 5.36. The maximum atomic E-state index is 12.6. The van der Waals surface area contributed by atoms with Gasteiger partial charge in [0.2, 0.25) is 0 Å². The zero-order valence-corrected chi connectivity index (χ0v) is 15.3. The lowest BCUT2D eigenvalue weighted by atomic mass is 9.91. The van der Waals surface area contributed by atoms with Gasteiger partial charge < -0.3 is 9.47 Å². The molecular formula is C20H25NO3S. The number of rotatable bonds is 4. The molecule has 0 N–H and O–H groups in total. The molecule has 2 aromatic rings. The van der Waals surface area contributed by atoms with Gasteiger partial charge in [-0.3, -0.25) is 9.69 Å². The number of carbonyl (C=O) groups is 1. The van der Waals surface area contributed by atoms with Gasteiger partial charge in [-0.2, -0.15) is 0 Å². The standard InChI is InChI=1S/C20H25NO3S/c22-20(13-15-14-25-19-8-4-1-5-16(15)19)24-18-7-3-2-6-17(18)21-9-11-23-12-10-21/h1,4-5,8,14,17-18H,2-3,6-7,9-13H2/t17-,18-/m1/s1. The van der Waals surface area contributed by atoms with E-state index < -0.39 is 0 Å². The molecule has 0 unspecified atom stereocenters. The van der Waals surface area contributed by atoms with Gasteiger partial charge in [-0.1, -0.05) is 24.6 Å². The van der Waals surface area contributed by atoms with E-state index in [1.54, 1.807) is 11.3 Å². The normalized spacial score (nSPS) is 25.1. The molecule has 134 valence electrons. The molecule has 1 saturated carbocycles. The van der Waals surface area contributed by atoms with Crippen LogP contribution in [0.25, 0.3) is 10.1 Å². The van der Waals surface area contributed by atoms with Crippen LogP contribution in [0.4, 0.5) is 0 Å². The predicted molar refractivity (Wildman–Crippen MR) is 100 cm³/mol. The van der Waals surface area contributed by atoms with Crippen molar-refractivity contribution in [3.05, 3.63) is 35.2 Å². The number of fused-ring (bicyclic) bond motifs is 1. The van der Waals surface area contributed by atoms with Gasteiger partial charge >= 0.3 is 5.97 Å². The second-order valence-electron chi connectivity index (χ2n) is 6.96. The van der Waals surface area contributed by atoms with Crippen molar-refractivity contribution in [2.75, 3.05) is 26.3 Å². The fourth-order valence-electron chi connectivity index (χ4n) is 4.08. The molecule has 0 spiro atoms. The van der Waals surface area contributed by atoms with Crippen molar-refractivity contribution in [1.82, 2.24) is 4.90 Å². The molecule has 1 saturated heterocycles. The van der Waals surface area contributed by atoms with Crippen LogP contribution in [0.15, 0.2) is 29.6 Å². The number of hydrogen-bond donors (Lipinski definition) is 0. The molecule has 1 aromatic carbocycles. The minimum absolute atomic E-state index is 0.0317. The molecule has 0 amide bonds. The van der Waals surface area contributed by atoms with Crippen molar-refractivity contribution in [2.45, 2.75) is 44.2 Å². The number of benzene rings is 1. The third kappa shape index (κ3) is 3.89. The summed E-state index contributed by atoms with van der Waals surface area (Å²) in [6.45, 7) is 3.48. The Morgan fingerprint density at radius 2 is 2.00 bits per heavy atom. The molecule has 0 bridgehead atoms. The zero-order chi connectivity index (χ0) is 17.1. The summed E-state index contributed by atoms with van der Waals surface area (Å²) in [7, 11) is 0. The van der Waals surface area contributed by atoms with E-state index in [1.807, 2.05) is 12.1 Å². The molecule has 1 aliphatic carbocycles. The summed E-state index contributed by atoms with van der Waals surface area (Å²) in [5.41, 5.74) is 1.09. The smallest absolute Gasteiger partial charge is 0.310 e. The summed E-state index contributed by atoms with van der Waals surface area (Å²) in [6, 6.07) is 8.62. The second-order valence-corrected chi connectivity index (χ2v) is 7.87. The van der Waals surface area contributed by atoms with E-state index in [1.165, 1.54) is 16.5 Å². The Balaban J connectivity index is 1.41. The highest BCUT2D eigenvalue weighted by atomic mass is 32.1. The molecule has 1 aliphatic heterocycles. The van der Waals surface area contributed by atoms with Crippen molar-refractivity contribution in [3.63, 3.8) is 0 Å². The van der Waals surface area contributed by atoms with E-state index in [0.717, 1.165) is 51.1 Å². The first-order valence-corrected chi connectivity index (χ1v) is 10.2. The summed E-state index contributed by atoms with van der Waals surface area (Å²) in [4.78, 5) is 15.0. The number of ether oxygens (including phenoxy) is 2. The molecule has 0 radical (unpaired) electrons. The largest absolute Gasteiger partial charge is 0.460 e. The first-order chi connectivity index (χ1) is 12.3. The molecule has 5 heteroatoms. The van der Waals surface area contributed by atoms with E-state index in [9.17, 15) is 4.79 Å². The molecule has 4 rings (SSSR count). The minimum atomic E-state index is -0.0892. The molecule has 2 atom stereocenters. The Bertz CT molecular complexity index is 723. The van der Waals surface area contributed by atoms with Crippen LogP contribution < -0.4 is 0 Å². The van der Waals surface area contributed by atoms with E-state index in [-0.39, 0.29) is 12.1 Å². The number of carbonyl (C=O) groups excluding carboxylic acids is 1. The molecule has 4 nitrogen and oxygen atoms in total. The highest BCUT2D eigenvalue weighted by Crippen LogP contribution is 2.29. The van der Waals surface area contributed by atoms with Gasteiger partial charge in [0, 0.05) is 23.8 Å². The molecular weight excluding hydrogens is 334 g/mol. The molecule has 2 heterocycles. The predicted octanol–water partition coefficient (Wildman–Crippen LogP) is 3.63. The zero-order valence-electron chi connectivity index (χ0n) is 14.5. The van der Waals surface area contributed by atoms with Crippen LogP contribution in [0, 0.1) is 0 Å². The average molecular weight is 359 g/mol. The van der Waals surface area contributed by atoms with Gasteiger partial charge in [0.05, 0.1) is 19.6 Å². The van der Waals surface area contributed by atoms with Crippen LogP contribution in [0.2, 0.25) is 0 Å². The highest BCUT2D eigenvalue weighted by Gasteiger charge is 2.33. The van der Waals surface area contributed by atoms with E-state index in [0.29, 0.717) is 12.5 Å². The summed E-state index contributed by atoms with van der Waals surface area (Å²) < 4.78 is 12.7. The summed E-state index contributed by atoms with van der Waals surface area (Å²) >= 11 is 1.70. The first-order valence-electron chi connectivity index (χ1n) is 9.27. The van der Waals surface area contributed by atoms with Crippen molar-refractivity contribution in [1.29, 1.82) is 0 Å². The van der Waals surface area contributed by atoms with E-state index >= 15 is 0 Å². The van der Waals surface area contributed by atoms with E-state index in [4.69, 9.17) is 9.47 Å². The highest BCUT2D eigenvalue weighted by molar-refractivity contribution is 7.17. The van der Waals surface area contributed by atoms with Gasteiger partial charge in [-0.05, 0) is 41.7 Å². The lowest BCUT2D eigenvalue weighted by molar-refractivity contribution is -0.155. The Kier molecular flexibility index (Phi) is 5.34. The number of nitrogens with zero attached hydrogens (tertiary/aromatic N) is 1. The van der Waals surface area contributed by atoms with Crippen LogP contribution in [0.3, 0.4) is 0 Å². The van der Waals surface area contributed by atoms with Crippen LogP contribution in [-0.2, 0) is 20.7 Å². The topological polar surface area (TPSA) is 38.8 Å². The molecule has 25 heavy (non-hydrogen) atoms. The summed E-state index contributed by atoms with van der Waals surface area (Å²) in [5.74, 6) is -0.0892. The van der Waals surface area contributed by atoms with Crippen molar-refractivity contribution < 1.29 is 14.3 Å².